The largest absolute Gasteiger partial charge is 0.481 e. The predicted octanol–water partition coefficient (Wildman–Crippen LogP) is 2.71. The van der Waals surface area contributed by atoms with Crippen molar-refractivity contribution in [2.24, 2.45) is 5.92 Å². The number of benzene rings is 2. The first kappa shape index (κ1) is 13.1. The van der Waals surface area contributed by atoms with E-state index in [4.69, 9.17) is 5.11 Å². The van der Waals surface area contributed by atoms with Gasteiger partial charge in [0, 0.05) is 40.8 Å². The predicted molar refractivity (Wildman–Crippen MR) is 84.5 cm³/mol. The molecule has 2 aliphatic heterocycles. The van der Waals surface area contributed by atoms with Crippen LogP contribution >= 0.6 is 0 Å². The lowest BCUT2D eigenvalue weighted by Crippen LogP contribution is -2.36. The molecule has 0 atom stereocenters. The molecule has 2 heterocycles. The van der Waals surface area contributed by atoms with Crippen molar-refractivity contribution in [1.82, 2.24) is 0 Å². The van der Waals surface area contributed by atoms with Crippen LogP contribution in [0.25, 0.3) is 10.8 Å². The van der Waals surface area contributed by atoms with Gasteiger partial charge in [-0.2, -0.15) is 0 Å². The Morgan fingerprint density at radius 1 is 1.18 bits per heavy atom. The molecule has 1 fully saturated rings. The quantitative estimate of drug-likeness (QED) is 0.894. The lowest BCUT2D eigenvalue weighted by atomic mass is 9.95. The van der Waals surface area contributed by atoms with Crippen LogP contribution < -0.4 is 10.2 Å². The molecular weight excluding hydrogens is 280 g/mol. The highest BCUT2D eigenvalue weighted by Gasteiger charge is 2.27. The van der Waals surface area contributed by atoms with E-state index in [0.29, 0.717) is 12.8 Å². The number of nitrogens with zero attached hydrogens (tertiary/aromatic N) is 1. The van der Waals surface area contributed by atoms with Gasteiger partial charge in [-0.25, -0.2) is 0 Å². The highest BCUT2D eigenvalue weighted by Crippen LogP contribution is 2.39. The summed E-state index contributed by atoms with van der Waals surface area (Å²) in [5.41, 5.74) is 2.66. The number of nitrogens with one attached hydrogen (secondary N) is 1. The number of hydrogen-bond donors (Lipinski definition) is 2. The summed E-state index contributed by atoms with van der Waals surface area (Å²) in [6.07, 6.45) is 1.32. The molecule has 112 valence electrons. The molecule has 1 saturated heterocycles. The lowest BCUT2D eigenvalue weighted by molar-refractivity contribution is -0.142. The second-order valence-corrected chi connectivity index (χ2v) is 5.91. The average molecular weight is 296 g/mol. The summed E-state index contributed by atoms with van der Waals surface area (Å²) in [4.78, 5) is 25.3. The molecule has 0 aliphatic carbocycles. The lowest BCUT2D eigenvalue weighted by Gasteiger charge is -2.32. The Morgan fingerprint density at radius 3 is 2.68 bits per heavy atom. The van der Waals surface area contributed by atoms with Gasteiger partial charge in [-0.1, -0.05) is 12.1 Å². The minimum Gasteiger partial charge on any atom is -0.481 e. The Hall–Kier alpha value is -2.56. The van der Waals surface area contributed by atoms with Crippen molar-refractivity contribution in [3.63, 3.8) is 0 Å². The number of anilines is 2. The Kier molecular flexibility index (Phi) is 2.82. The number of aliphatic carboxylic acids is 1. The molecule has 2 aliphatic rings. The minimum atomic E-state index is -0.699. The maximum Gasteiger partial charge on any atom is 0.306 e. The van der Waals surface area contributed by atoms with E-state index < -0.39 is 5.97 Å². The topological polar surface area (TPSA) is 69.6 Å². The van der Waals surface area contributed by atoms with Crippen molar-refractivity contribution < 1.29 is 14.7 Å². The maximum atomic E-state index is 12.0. The second kappa shape index (κ2) is 4.73. The van der Waals surface area contributed by atoms with Crippen molar-refractivity contribution in [2.75, 3.05) is 23.3 Å². The number of piperidine rings is 1. The van der Waals surface area contributed by atoms with E-state index in [1.165, 1.54) is 0 Å². The third kappa shape index (κ3) is 1.85. The number of carboxylic acid groups (broad SMARTS) is 1. The molecule has 0 bridgehead atoms. The van der Waals surface area contributed by atoms with Crippen LogP contribution in [-0.4, -0.2) is 30.1 Å². The smallest absolute Gasteiger partial charge is 0.306 e. The van der Waals surface area contributed by atoms with Gasteiger partial charge in [0.2, 0.25) is 0 Å². The van der Waals surface area contributed by atoms with Gasteiger partial charge in [0.15, 0.2) is 0 Å². The number of amides is 1. The minimum absolute atomic E-state index is 0.0534. The summed E-state index contributed by atoms with van der Waals surface area (Å²) in [5.74, 6) is -0.992. The molecule has 0 saturated carbocycles. The number of carboxylic acids is 1. The molecule has 0 spiro atoms. The van der Waals surface area contributed by atoms with Crippen molar-refractivity contribution in [2.45, 2.75) is 12.8 Å². The molecule has 5 nitrogen and oxygen atoms in total. The first-order valence-corrected chi connectivity index (χ1v) is 7.50. The molecule has 0 radical (unpaired) electrons. The zero-order valence-electron chi connectivity index (χ0n) is 12.0. The summed E-state index contributed by atoms with van der Waals surface area (Å²) in [6.45, 7) is 1.47. The summed E-state index contributed by atoms with van der Waals surface area (Å²) < 4.78 is 0. The second-order valence-electron chi connectivity index (χ2n) is 5.91. The fourth-order valence-electron chi connectivity index (χ4n) is 3.52. The van der Waals surface area contributed by atoms with Crippen molar-refractivity contribution in [3.8, 4) is 0 Å². The van der Waals surface area contributed by atoms with Crippen LogP contribution in [0, 0.1) is 5.92 Å². The van der Waals surface area contributed by atoms with Gasteiger partial charge in [-0.3, -0.25) is 9.59 Å². The summed E-state index contributed by atoms with van der Waals surface area (Å²) >= 11 is 0. The third-order valence-corrected chi connectivity index (χ3v) is 4.70. The molecule has 4 rings (SSSR count). The fraction of sp³-hybridized carbons (Fsp3) is 0.294. The van der Waals surface area contributed by atoms with Gasteiger partial charge >= 0.3 is 5.97 Å². The van der Waals surface area contributed by atoms with E-state index in [1.54, 1.807) is 0 Å². The van der Waals surface area contributed by atoms with Crippen LogP contribution in [0.3, 0.4) is 0 Å². The van der Waals surface area contributed by atoms with Crippen LogP contribution in [0.2, 0.25) is 0 Å². The molecule has 1 amide bonds. The van der Waals surface area contributed by atoms with Gasteiger partial charge in [0.1, 0.15) is 0 Å². The SMILES string of the molecule is O=C1Nc2cccc3c(N4CCC(C(=O)O)CC4)ccc1c23. The van der Waals surface area contributed by atoms with Crippen molar-refractivity contribution in [1.29, 1.82) is 0 Å². The molecule has 5 heteroatoms. The van der Waals surface area contributed by atoms with Crippen LogP contribution in [0.5, 0.6) is 0 Å². The average Bonchev–Trinajstić information content (AvgIpc) is 2.86. The van der Waals surface area contributed by atoms with Gasteiger partial charge in [-0.05, 0) is 31.0 Å². The third-order valence-electron chi connectivity index (χ3n) is 4.70. The number of carbonyl (C=O) groups is 2. The van der Waals surface area contributed by atoms with E-state index in [0.717, 1.165) is 40.8 Å². The molecule has 22 heavy (non-hydrogen) atoms. The van der Waals surface area contributed by atoms with Gasteiger partial charge < -0.3 is 15.3 Å². The molecule has 2 aromatic carbocycles. The highest BCUT2D eigenvalue weighted by atomic mass is 16.4. The van der Waals surface area contributed by atoms with Crippen LogP contribution in [-0.2, 0) is 4.79 Å². The van der Waals surface area contributed by atoms with Crippen LogP contribution in [0.15, 0.2) is 30.3 Å². The van der Waals surface area contributed by atoms with Crippen LogP contribution in [0.1, 0.15) is 23.2 Å². The number of hydrogen-bond acceptors (Lipinski definition) is 3. The highest BCUT2D eigenvalue weighted by molar-refractivity contribution is 6.25. The first-order chi connectivity index (χ1) is 10.6. The zero-order chi connectivity index (χ0) is 15.3. The van der Waals surface area contributed by atoms with E-state index in [1.807, 2.05) is 30.3 Å². The van der Waals surface area contributed by atoms with Crippen molar-refractivity contribution >= 4 is 34.0 Å². The van der Waals surface area contributed by atoms with Crippen LogP contribution in [0.4, 0.5) is 11.4 Å². The van der Waals surface area contributed by atoms with Gasteiger partial charge in [0.25, 0.3) is 5.91 Å². The maximum absolute atomic E-state index is 12.0. The zero-order valence-corrected chi connectivity index (χ0v) is 12.0. The first-order valence-electron chi connectivity index (χ1n) is 7.50. The van der Waals surface area contributed by atoms with E-state index >= 15 is 0 Å². The number of rotatable bonds is 2. The Morgan fingerprint density at radius 2 is 1.95 bits per heavy atom. The fourth-order valence-corrected chi connectivity index (χ4v) is 3.52. The molecular formula is C17H16N2O3. The molecule has 0 unspecified atom stereocenters. The Labute approximate surface area is 127 Å². The summed E-state index contributed by atoms with van der Waals surface area (Å²) in [7, 11) is 0. The molecule has 2 N–H and O–H groups in total. The van der Waals surface area contributed by atoms with Gasteiger partial charge in [-0.15, -0.1) is 0 Å². The standard InChI is InChI=1S/C17H16N2O3/c20-16-12-4-5-14(11-2-1-3-13(18-16)15(11)12)19-8-6-10(7-9-19)17(21)22/h1-5,10H,6-9H2,(H,18,20)(H,21,22). The summed E-state index contributed by atoms with van der Waals surface area (Å²) in [5, 5.41) is 14.0. The normalized spacial score (nSPS) is 17.8. The monoisotopic (exact) mass is 296 g/mol. The summed E-state index contributed by atoms with van der Waals surface area (Å²) in [6, 6.07) is 9.74. The Balaban J connectivity index is 1.74. The number of carbonyl (C=O) groups excluding carboxylic acids is 1. The van der Waals surface area contributed by atoms with E-state index in [-0.39, 0.29) is 11.8 Å². The molecule has 2 aromatic rings. The van der Waals surface area contributed by atoms with E-state index in [9.17, 15) is 9.59 Å². The van der Waals surface area contributed by atoms with Crippen molar-refractivity contribution in [3.05, 3.63) is 35.9 Å². The Bertz CT molecular complexity index is 792. The van der Waals surface area contributed by atoms with Gasteiger partial charge in [0.05, 0.1) is 5.92 Å². The molecule has 0 aromatic heterocycles. The van der Waals surface area contributed by atoms with E-state index in [2.05, 4.69) is 10.2 Å².